The molecule has 0 radical (unpaired) electrons. The highest BCUT2D eigenvalue weighted by Gasteiger charge is 2.35. The number of carbonyl (C=O) groups excluding carboxylic acids is 2. The van der Waals surface area contributed by atoms with Gasteiger partial charge in [-0.05, 0) is 76.6 Å². The topological polar surface area (TPSA) is 80.8 Å². The van der Waals surface area contributed by atoms with Gasteiger partial charge >= 0.3 is 10.1 Å². The lowest BCUT2D eigenvalue weighted by molar-refractivity contribution is -0.123. The third-order valence-corrected chi connectivity index (χ3v) is 8.57. The van der Waals surface area contributed by atoms with Crippen molar-refractivity contribution in [3.63, 3.8) is 0 Å². The minimum absolute atomic E-state index is 0.0355. The van der Waals surface area contributed by atoms with E-state index in [1.165, 1.54) is 36.4 Å². The fraction of sp³-hybridized carbons (Fsp3) is 0.0370. The predicted octanol–water partition coefficient (Wildman–Crippen LogP) is 7.26. The number of fused-ring (bicyclic) bond motifs is 1. The SMILES string of the molecule is O=C1S/C(=C\c2c(OS(=O)(=O)c3ccc(Cl)cc3)ccc3ccccc23)C(=O)N1Cc1ccc(Br)cc1. The average Bonchev–Trinajstić information content (AvgIpc) is 3.14. The van der Waals surface area contributed by atoms with E-state index in [2.05, 4.69) is 15.9 Å². The van der Waals surface area contributed by atoms with E-state index in [9.17, 15) is 18.0 Å². The van der Waals surface area contributed by atoms with Crippen LogP contribution in [0.25, 0.3) is 16.8 Å². The van der Waals surface area contributed by atoms with E-state index >= 15 is 0 Å². The van der Waals surface area contributed by atoms with E-state index in [-0.39, 0.29) is 22.1 Å². The third-order valence-electron chi connectivity index (χ3n) is 5.64. The van der Waals surface area contributed by atoms with Crippen LogP contribution in [0.1, 0.15) is 11.1 Å². The molecule has 0 unspecified atom stereocenters. The molecule has 0 atom stereocenters. The molecule has 6 nitrogen and oxygen atoms in total. The number of hydrogen-bond acceptors (Lipinski definition) is 6. The normalized spacial score (nSPS) is 15.1. The largest absolute Gasteiger partial charge is 0.378 e. The quantitative estimate of drug-likeness (QED) is 0.168. The van der Waals surface area contributed by atoms with Gasteiger partial charge in [0.05, 0.1) is 11.4 Å². The predicted molar refractivity (Wildman–Crippen MR) is 149 cm³/mol. The molecule has 2 amide bonds. The van der Waals surface area contributed by atoms with E-state index in [1.807, 2.05) is 36.4 Å². The second-order valence-electron chi connectivity index (χ2n) is 8.08. The minimum atomic E-state index is -4.19. The second kappa shape index (κ2) is 10.3. The number of carbonyl (C=O) groups is 2. The lowest BCUT2D eigenvalue weighted by Crippen LogP contribution is -2.27. The Hall–Kier alpha value is -3.11. The van der Waals surface area contributed by atoms with Crippen molar-refractivity contribution in [1.29, 1.82) is 0 Å². The van der Waals surface area contributed by atoms with Crippen molar-refractivity contribution in [2.24, 2.45) is 0 Å². The summed E-state index contributed by atoms with van der Waals surface area (Å²) in [7, 11) is -4.19. The summed E-state index contributed by atoms with van der Waals surface area (Å²) < 4.78 is 32.4. The van der Waals surface area contributed by atoms with Gasteiger partial charge in [0.2, 0.25) is 0 Å². The highest BCUT2D eigenvalue weighted by molar-refractivity contribution is 9.10. The highest BCUT2D eigenvalue weighted by atomic mass is 79.9. The summed E-state index contributed by atoms with van der Waals surface area (Å²) in [4.78, 5) is 27.2. The smallest absolute Gasteiger partial charge is 0.339 e. The van der Waals surface area contributed by atoms with Crippen LogP contribution in [0.4, 0.5) is 4.79 Å². The molecule has 1 heterocycles. The van der Waals surface area contributed by atoms with Gasteiger partial charge in [0.15, 0.2) is 5.75 Å². The zero-order valence-electron chi connectivity index (χ0n) is 18.9. The summed E-state index contributed by atoms with van der Waals surface area (Å²) in [5.74, 6) is -0.425. The van der Waals surface area contributed by atoms with Crippen molar-refractivity contribution >= 4 is 77.4 Å². The Kier molecular flexibility index (Phi) is 7.13. The summed E-state index contributed by atoms with van der Waals surface area (Å²) in [6, 6.07) is 23.5. The molecule has 1 aliphatic rings. The first-order valence-corrected chi connectivity index (χ1v) is 14.3. The zero-order valence-corrected chi connectivity index (χ0v) is 22.9. The molecule has 0 aromatic heterocycles. The molecule has 0 spiro atoms. The van der Waals surface area contributed by atoms with Gasteiger partial charge in [-0.2, -0.15) is 8.42 Å². The van der Waals surface area contributed by atoms with Gasteiger partial charge in [-0.3, -0.25) is 14.5 Å². The Bertz CT molecular complexity index is 1670. The van der Waals surface area contributed by atoms with Crippen LogP contribution in [0.3, 0.4) is 0 Å². The fourth-order valence-corrected chi connectivity index (χ4v) is 5.96. The van der Waals surface area contributed by atoms with Crippen molar-refractivity contribution in [2.45, 2.75) is 11.4 Å². The van der Waals surface area contributed by atoms with Crippen LogP contribution < -0.4 is 4.18 Å². The molecule has 1 aliphatic heterocycles. The number of amides is 2. The van der Waals surface area contributed by atoms with E-state index in [4.69, 9.17) is 15.8 Å². The molecular formula is C27H17BrClNO5S2. The van der Waals surface area contributed by atoms with E-state index in [0.717, 1.165) is 32.1 Å². The van der Waals surface area contributed by atoms with Crippen LogP contribution >= 0.6 is 39.3 Å². The number of halogens is 2. The van der Waals surface area contributed by atoms with Crippen molar-refractivity contribution in [2.75, 3.05) is 0 Å². The molecule has 0 aliphatic carbocycles. The molecule has 1 fully saturated rings. The van der Waals surface area contributed by atoms with E-state index < -0.39 is 21.3 Å². The van der Waals surface area contributed by atoms with Gasteiger partial charge in [0.1, 0.15) is 4.90 Å². The second-order valence-corrected chi connectivity index (χ2v) is 12.0. The molecule has 186 valence electrons. The minimum Gasteiger partial charge on any atom is -0.378 e. The third kappa shape index (κ3) is 5.45. The maximum Gasteiger partial charge on any atom is 0.339 e. The maximum atomic E-state index is 13.2. The molecule has 0 saturated carbocycles. The number of thioether (sulfide) groups is 1. The Morgan fingerprint density at radius 2 is 1.62 bits per heavy atom. The van der Waals surface area contributed by atoms with Gasteiger partial charge in [-0.1, -0.05) is 70.0 Å². The van der Waals surface area contributed by atoms with Crippen LogP contribution in [-0.2, 0) is 21.5 Å². The standard InChI is InChI=1S/C27H17BrClNO5S2/c28-19-8-5-17(6-9-19)16-30-26(31)25(36-27(30)32)15-23-22-4-2-1-3-18(22)7-14-24(23)35-37(33,34)21-12-10-20(29)11-13-21/h1-15H,16H2/b25-15-. The molecule has 1 saturated heterocycles. The van der Waals surface area contributed by atoms with E-state index in [0.29, 0.717) is 16.0 Å². The first-order valence-electron chi connectivity index (χ1n) is 10.9. The molecule has 0 bridgehead atoms. The molecule has 0 N–H and O–H groups in total. The number of rotatable bonds is 6. The summed E-state index contributed by atoms with van der Waals surface area (Å²) in [5.41, 5.74) is 1.18. The highest BCUT2D eigenvalue weighted by Crippen LogP contribution is 2.38. The van der Waals surface area contributed by atoms with Gasteiger partial charge in [-0.25, -0.2) is 0 Å². The molecule has 4 aromatic carbocycles. The molecule has 10 heteroatoms. The number of benzene rings is 4. The summed E-state index contributed by atoms with van der Waals surface area (Å²) in [5, 5.41) is 1.48. The summed E-state index contributed by atoms with van der Waals surface area (Å²) in [6.45, 7) is 0.124. The monoisotopic (exact) mass is 613 g/mol. The molecule has 5 rings (SSSR count). The Labute approximate surface area is 231 Å². The lowest BCUT2D eigenvalue weighted by atomic mass is 10.0. The number of imide groups is 1. The van der Waals surface area contributed by atoms with Gasteiger partial charge in [0, 0.05) is 15.1 Å². The Balaban J connectivity index is 1.53. The maximum absolute atomic E-state index is 13.2. The number of hydrogen-bond donors (Lipinski definition) is 0. The lowest BCUT2D eigenvalue weighted by Gasteiger charge is -2.13. The molecule has 37 heavy (non-hydrogen) atoms. The Morgan fingerprint density at radius 1 is 0.919 bits per heavy atom. The van der Waals surface area contributed by atoms with Gasteiger partial charge < -0.3 is 4.18 Å². The molecule has 4 aromatic rings. The van der Waals surface area contributed by atoms with Crippen LogP contribution in [-0.4, -0.2) is 24.5 Å². The average molecular weight is 615 g/mol. The number of nitrogens with zero attached hydrogens (tertiary/aromatic N) is 1. The Morgan fingerprint density at radius 3 is 2.35 bits per heavy atom. The van der Waals surface area contributed by atoms with Crippen molar-refractivity contribution in [3.8, 4) is 5.75 Å². The van der Waals surface area contributed by atoms with Crippen molar-refractivity contribution in [3.05, 3.63) is 110 Å². The van der Waals surface area contributed by atoms with Crippen LogP contribution in [0.15, 0.2) is 99.2 Å². The van der Waals surface area contributed by atoms with E-state index in [1.54, 1.807) is 18.2 Å². The summed E-state index contributed by atoms with van der Waals surface area (Å²) in [6.07, 6.45) is 1.52. The van der Waals surface area contributed by atoms with Gasteiger partial charge in [-0.15, -0.1) is 0 Å². The fourth-order valence-electron chi connectivity index (χ4n) is 3.80. The van der Waals surface area contributed by atoms with Crippen molar-refractivity contribution < 1.29 is 22.2 Å². The zero-order chi connectivity index (χ0) is 26.2. The van der Waals surface area contributed by atoms with Crippen LogP contribution in [0, 0.1) is 0 Å². The molecular weight excluding hydrogens is 598 g/mol. The van der Waals surface area contributed by atoms with Crippen molar-refractivity contribution in [1.82, 2.24) is 4.90 Å². The first kappa shape index (κ1) is 25.5. The van der Waals surface area contributed by atoms with Crippen LogP contribution in [0.5, 0.6) is 5.75 Å². The van der Waals surface area contributed by atoms with Crippen LogP contribution in [0.2, 0.25) is 5.02 Å². The summed E-state index contributed by atoms with van der Waals surface area (Å²) >= 11 is 10.1. The first-order chi connectivity index (χ1) is 17.7. The van der Waals surface area contributed by atoms with Gasteiger partial charge in [0.25, 0.3) is 11.1 Å².